The first-order valence-corrected chi connectivity index (χ1v) is 8.69. The Hall–Kier alpha value is -2.57. The number of aromatic nitrogens is 2. The Kier molecular flexibility index (Phi) is 7.43. The number of aromatic amines is 1. The number of nitrogens with zero attached hydrogens (tertiary/aromatic N) is 1. The highest BCUT2D eigenvalue weighted by Crippen LogP contribution is 2.28. The Morgan fingerprint density at radius 1 is 1.32 bits per heavy atom. The highest BCUT2D eigenvalue weighted by Gasteiger charge is 2.44. The molecule has 4 atom stereocenters. The number of aliphatic hydroxyl groups is 2. The van der Waals surface area contributed by atoms with E-state index in [0.717, 1.165) is 0 Å². The van der Waals surface area contributed by atoms with Crippen LogP contribution in [-0.2, 0) is 19.1 Å². The van der Waals surface area contributed by atoms with E-state index in [1.54, 1.807) is 4.98 Å². The number of carbonyl (C=O) groups excluding carboxylic acids is 2. The number of rotatable bonds is 8. The van der Waals surface area contributed by atoms with Crippen molar-refractivity contribution in [2.24, 2.45) is 0 Å². The van der Waals surface area contributed by atoms with Gasteiger partial charge in [-0.2, -0.15) is 4.39 Å². The van der Waals surface area contributed by atoms with E-state index in [4.69, 9.17) is 9.47 Å². The van der Waals surface area contributed by atoms with Gasteiger partial charge in [0.15, 0.2) is 6.23 Å². The molecule has 1 aromatic rings. The average Bonchev–Trinajstić information content (AvgIpc) is 2.91. The second-order valence-corrected chi connectivity index (χ2v) is 6.22. The molecular weight excluding hydrogens is 381 g/mol. The van der Waals surface area contributed by atoms with Gasteiger partial charge in [-0.3, -0.25) is 23.9 Å². The molecule has 0 aromatic carbocycles. The van der Waals surface area contributed by atoms with Crippen LogP contribution in [0.5, 0.6) is 0 Å². The fraction of sp³-hybridized carbons (Fsp3) is 0.625. The summed E-state index contributed by atoms with van der Waals surface area (Å²) in [7, 11) is 0. The third-order valence-electron chi connectivity index (χ3n) is 4.07. The van der Waals surface area contributed by atoms with Gasteiger partial charge in [-0.1, -0.05) is 6.92 Å². The summed E-state index contributed by atoms with van der Waals surface area (Å²) < 4.78 is 24.2. The number of aliphatic hydroxyl groups excluding tert-OH is 2. The van der Waals surface area contributed by atoms with Gasteiger partial charge in [0.05, 0.1) is 12.6 Å². The minimum Gasteiger partial charge on any atom is -0.463 e. The summed E-state index contributed by atoms with van der Waals surface area (Å²) in [6.45, 7) is 1.50. The topological polar surface area (TPSA) is 160 Å². The van der Waals surface area contributed by atoms with Crippen molar-refractivity contribution in [2.45, 2.75) is 50.7 Å². The number of hydrogen-bond acceptors (Lipinski definition) is 8. The van der Waals surface area contributed by atoms with Crippen molar-refractivity contribution in [3.8, 4) is 0 Å². The molecule has 1 aliphatic heterocycles. The van der Waals surface area contributed by atoms with Gasteiger partial charge < -0.3 is 25.0 Å². The van der Waals surface area contributed by atoms with Gasteiger partial charge >= 0.3 is 11.7 Å². The van der Waals surface area contributed by atoms with E-state index in [-0.39, 0.29) is 18.9 Å². The summed E-state index contributed by atoms with van der Waals surface area (Å²) >= 11 is 0. The largest absolute Gasteiger partial charge is 0.463 e. The van der Waals surface area contributed by atoms with Crippen LogP contribution in [0.4, 0.5) is 4.39 Å². The van der Waals surface area contributed by atoms with Crippen LogP contribution >= 0.6 is 0 Å². The highest BCUT2D eigenvalue weighted by atomic mass is 19.1. The van der Waals surface area contributed by atoms with Crippen molar-refractivity contribution >= 4 is 11.9 Å². The number of esters is 1. The van der Waals surface area contributed by atoms with Crippen molar-refractivity contribution in [3.05, 3.63) is 32.9 Å². The Morgan fingerprint density at radius 3 is 2.71 bits per heavy atom. The van der Waals surface area contributed by atoms with Gasteiger partial charge in [0.1, 0.15) is 24.9 Å². The number of hydrogen-bond donors (Lipinski definition) is 4. The Labute approximate surface area is 158 Å². The molecule has 28 heavy (non-hydrogen) atoms. The molecule has 2 rings (SSSR count). The Bertz CT molecular complexity index is 823. The molecule has 2 heterocycles. The summed E-state index contributed by atoms with van der Waals surface area (Å²) in [5.74, 6) is -2.13. The third kappa shape index (κ3) is 5.24. The zero-order valence-electron chi connectivity index (χ0n) is 15.1. The van der Waals surface area contributed by atoms with Crippen molar-refractivity contribution in [1.82, 2.24) is 14.9 Å². The van der Waals surface area contributed by atoms with E-state index in [1.807, 2.05) is 6.92 Å². The minimum absolute atomic E-state index is 0.0864. The van der Waals surface area contributed by atoms with Crippen LogP contribution < -0.4 is 16.6 Å². The summed E-state index contributed by atoms with van der Waals surface area (Å²) in [5.41, 5.74) is -2.27. The molecular formula is C16H22FN3O8. The van der Waals surface area contributed by atoms with E-state index in [2.05, 4.69) is 5.32 Å². The molecule has 1 fully saturated rings. The standard InChI is InChI=1S/C16H22FN3O8/c1-2-3-10(21)18-5-4-11(22)27-7-9-12(23)13(24)15(28-9)20-6-8(17)14(25)19-16(20)26/h6,9,12-13,15,23-24H,2-5,7H2,1H3,(H,18,21)(H,19,25,26)/t9-,12-,13-,15-/m1/s1. The van der Waals surface area contributed by atoms with Gasteiger partial charge in [-0.15, -0.1) is 0 Å². The normalized spacial score (nSPS) is 24.1. The lowest BCUT2D eigenvalue weighted by Gasteiger charge is -2.16. The van der Waals surface area contributed by atoms with Crippen LogP contribution in [0.15, 0.2) is 15.8 Å². The first-order valence-electron chi connectivity index (χ1n) is 8.69. The van der Waals surface area contributed by atoms with Crippen LogP contribution in [0.2, 0.25) is 0 Å². The number of ether oxygens (including phenoxy) is 2. The molecule has 12 heteroatoms. The number of nitrogens with one attached hydrogen (secondary N) is 2. The van der Waals surface area contributed by atoms with Crippen molar-refractivity contribution < 1.29 is 33.7 Å². The lowest BCUT2D eigenvalue weighted by Crippen LogP contribution is -2.38. The SMILES string of the molecule is CCCC(=O)NCCC(=O)OC[C@H]1O[C@@H](n2cc(F)c(=O)[nH]c2=O)[C@H](O)[C@@H]1O. The predicted octanol–water partition coefficient (Wildman–Crippen LogP) is -1.86. The zero-order chi connectivity index (χ0) is 20.8. The van der Waals surface area contributed by atoms with Crippen LogP contribution in [0, 0.1) is 5.82 Å². The number of amides is 1. The van der Waals surface area contributed by atoms with Gasteiger partial charge in [0, 0.05) is 13.0 Å². The van der Waals surface area contributed by atoms with E-state index >= 15 is 0 Å². The maximum atomic E-state index is 13.4. The molecule has 1 saturated heterocycles. The first-order chi connectivity index (χ1) is 13.2. The van der Waals surface area contributed by atoms with Crippen molar-refractivity contribution in [1.29, 1.82) is 0 Å². The molecule has 0 unspecified atom stereocenters. The summed E-state index contributed by atoms with van der Waals surface area (Å²) in [5, 5.41) is 22.6. The molecule has 0 saturated carbocycles. The van der Waals surface area contributed by atoms with Gasteiger partial charge in [0.2, 0.25) is 11.7 Å². The van der Waals surface area contributed by atoms with Crippen molar-refractivity contribution in [3.63, 3.8) is 0 Å². The number of carbonyl (C=O) groups is 2. The van der Waals surface area contributed by atoms with Crippen LogP contribution in [0.1, 0.15) is 32.4 Å². The molecule has 4 N–H and O–H groups in total. The van der Waals surface area contributed by atoms with E-state index < -0.39 is 54.2 Å². The van der Waals surface area contributed by atoms with Gasteiger partial charge in [-0.05, 0) is 6.42 Å². The third-order valence-corrected chi connectivity index (χ3v) is 4.07. The first kappa shape index (κ1) is 21.7. The Balaban J connectivity index is 1.90. The van der Waals surface area contributed by atoms with Gasteiger partial charge in [0.25, 0.3) is 5.56 Å². The predicted molar refractivity (Wildman–Crippen MR) is 90.7 cm³/mol. The van der Waals surface area contributed by atoms with Crippen LogP contribution in [0.25, 0.3) is 0 Å². The lowest BCUT2D eigenvalue weighted by atomic mass is 10.1. The van der Waals surface area contributed by atoms with Crippen LogP contribution in [0.3, 0.4) is 0 Å². The summed E-state index contributed by atoms with van der Waals surface area (Å²) in [6, 6.07) is 0. The molecule has 156 valence electrons. The molecule has 0 bridgehead atoms. The van der Waals surface area contributed by atoms with Crippen molar-refractivity contribution in [2.75, 3.05) is 13.2 Å². The summed E-state index contributed by atoms with van der Waals surface area (Å²) in [4.78, 5) is 47.6. The second kappa shape index (κ2) is 9.57. The number of H-pyrrole nitrogens is 1. The second-order valence-electron chi connectivity index (χ2n) is 6.22. The lowest BCUT2D eigenvalue weighted by molar-refractivity contribution is -0.150. The maximum absolute atomic E-state index is 13.4. The fourth-order valence-electron chi connectivity index (χ4n) is 2.61. The molecule has 0 radical (unpaired) electrons. The Morgan fingerprint density at radius 2 is 2.04 bits per heavy atom. The highest BCUT2D eigenvalue weighted by molar-refractivity contribution is 5.76. The molecule has 1 aromatic heterocycles. The quantitative estimate of drug-likeness (QED) is 0.368. The summed E-state index contributed by atoms with van der Waals surface area (Å²) in [6.07, 6.45) is -4.33. The molecule has 1 aliphatic rings. The zero-order valence-corrected chi connectivity index (χ0v) is 15.1. The van der Waals surface area contributed by atoms with E-state index in [1.165, 1.54) is 0 Å². The molecule has 1 amide bonds. The minimum atomic E-state index is -1.62. The van der Waals surface area contributed by atoms with Gasteiger partial charge in [-0.25, -0.2) is 4.79 Å². The number of halogens is 1. The smallest absolute Gasteiger partial charge is 0.330 e. The van der Waals surface area contributed by atoms with E-state index in [9.17, 15) is 33.8 Å². The van der Waals surface area contributed by atoms with Crippen LogP contribution in [-0.4, -0.2) is 63.1 Å². The average molecular weight is 403 g/mol. The van der Waals surface area contributed by atoms with E-state index in [0.29, 0.717) is 23.6 Å². The molecule has 0 spiro atoms. The fourth-order valence-corrected chi connectivity index (χ4v) is 2.61. The monoisotopic (exact) mass is 403 g/mol. The molecule has 11 nitrogen and oxygen atoms in total. The maximum Gasteiger partial charge on any atom is 0.330 e. The molecule has 0 aliphatic carbocycles.